The Morgan fingerprint density at radius 2 is 1.73 bits per heavy atom. The molecule has 0 fully saturated rings. The van der Waals surface area contributed by atoms with Crippen LogP contribution in [0.3, 0.4) is 0 Å². The first-order valence-electron chi connectivity index (χ1n) is 12.6. The van der Waals surface area contributed by atoms with Gasteiger partial charge >= 0.3 is 0 Å². The van der Waals surface area contributed by atoms with Gasteiger partial charge in [-0.05, 0) is 80.3 Å². The summed E-state index contributed by atoms with van der Waals surface area (Å²) in [5.41, 5.74) is 4.69. The van der Waals surface area contributed by atoms with Gasteiger partial charge in [0.05, 0.1) is 16.6 Å². The zero-order valence-corrected chi connectivity index (χ0v) is 22.3. The molecule has 194 valence electrons. The fraction of sp³-hybridized carbons (Fsp3) is 0.310. The predicted octanol–water partition coefficient (Wildman–Crippen LogP) is 4.92. The topological polar surface area (TPSA) is 95.6 Å². The van der Waals surface area contributed by atoms with E-state index < -0.39 is 15.8 Å². The first kappa shape index (κ1) is 26.4. The molecule has 4 rings (SSSR count). The van der Waals surface area contributed by atoms with Gasteiger partial charge in [-0.3, -0.25) is 9.59 Å². The minimum absolute atomic E-state index is 0.0793. The number of amides is 2. The van der Waals surface area contributed by atoms with E-state index in [2.05, 4.69) is 29.4 Å². The molecule has 1 heterocycles. The standard InChI is InChI=1S/C29H33N3O4S/c1-4-32(5-2)23-12-14-26(20(3)17-23)31-29(34)25(21-9-7-6-8-10-21)19-37(35,36)24-13-15-27-22(18-24)11-16-28(33)30-27/h6-10,12-15,17-18,25H,4-5,11,16,19H2,1-3H3,(H,30,33)(H,31,34). The summed E-state index contributed by atoms with van der Waals surface area (Å²) in [5.74, 6) is -1.73. The van der Waals surface area contributed by atoms with Crippen LogP contribution < -0.4 is 15.5 Å². The van der Waals surface area contributed by atoms with Gasteiger partial charge in [-0.1, -0.05) is 30.3 Å². The summed E-state index contributed by atoms with van der Waals surface area (Å²) >= 11 is 0. The Morgan fingerprint density at radius 3 is 2.41 bits per heavy atom. The molecule has 7 nitrogen and oxygen atoms in total. The maximum Gasteiger partial charge on any atom is 0.232 e. The number of aryl methyl sites for hydroxylation is 2. The Kier molecular flexibility index (Phi) is 7.97. The first-order chi connectivity index (χ1) is 17.7. The fourth-order valence-electron chi connectivity index (χ4n) is 4.67. The van der Waals surface area contributed by atoms with E-state index in [4.69, 9.17) is 0 Å². The number of carbonyl (C=O) groups is 2. The van der Waals surface area contributed by atoms with Crippen LogP contribution in [0, 0.1) is 6.92 Å². The van der Waals surface area contributed by atoms with Crippen LogP contribution in [-0.4, -0.2) is 39.1 Å². The molecule has 1 aliphatic heterocycles. The van der Waals surface area contributed by atoms with Crippen molar-refractivity contribution in [3.05, 3.63) is 83.4 Å². The lowest BCUT2D eigenvalue weighted by atomic mass is 10.00. The molecule has 0 aliphatic carbocycles. The second-order valence-corrected chi connectivity index (χ2v) is 11.3. The van der Waals surface area contributed by atoms with Crippen molar-refractivity contribution < 1.29 is 18.0 Å². The summed E-state index contributed by atoms with van der Waals surface area (Å²) in [6.45, 7) is 7.88. The summed E-state index contributed by atoms with van der Waals surface area (Å²) < 4.78 is 27.0. The van der Waals surface area contributed by atoms with Gasteiger partial charge in [-0.25, -0.2) is 8.42 Å². The largest absolute Gasteiger partial charge is 0.372 e. The maximum absolute atomic E-state index is 13.5. The number of sulfone groups is 1. The third kappa shape index (κ3) is 6.02. The van der Waals surface area contributed by atoms with Crippen LogP contribution in [0.1, 0.15) is 42.9 Å². The SMILES string of the molecule is CCN(CC)c1ccc(NC(=O)C(CS(=O)(=O)c2ccc3c(c2)CCC(=O)N3)c2ccccc2)c(C)c1. The minimum Gasteiger partial charge on any atom is -0.372 e. The summed E-state index contributed by atoms with van der Waals surface area (Å²) in [6.07, 6.45) is 0.799. The van der Waals surface area contributed by atoms with Crippen LogP contribution in [-0.2, 0) is 25.8 Å². The number of carbonyl (C=O) groups excluding carboxylic acids is 2. The molecule has 0 saturated heterocycles. The molecule has 8 heteroatoms. The monoisotopic (exact) mass is 519 g/mol. The second-order valence-electron chi connectivity index (χ2n) is 9.27. The summed E-state index contributed by atoms with van der Waals surface area (Å²) in [4.78, 5) is 27.6. The van der Waals surface area contributed by atoms with Crippen LogP contribution in [0.15, 0.2) is 71.6 Å². The molecule has 0 bridgehead atoms. The zero-order valence-electron chi connectivity index (χ0n) is 21.5. The highest BCUT2D eigenvalue weighted by Gasteiger charge is 2.30. The molecule has 1 atom stereocenters. The molecular weight excluding hydrogens is 486 g/mol. The van der Waals surface area contributed by atoms with E-state index in [0.717, 1.165) is 29.9 Å². The average Bonchev–Trinajstić information content (AvgIpc) is 2.89. The molecule has 3 aromatic carbocycles. The smallest absolute Gasteiger partial charge is 0.232 e. The Morgan fingerprint density at radius 1 is 1.00 bits per heavy atom. The van der Waals surface area contributed by atoms with Gasteiger partial charge in [0.25, 0.3) is 0 Å². The summed E-state index contributed by atoms with van der Waals surface area (Å²) in [5, 5.41) is 5.74. The minimum atomic E-state index is -3.81. The molecule has 0 radical (unpaired) electrons. The average molecular weight is 520 g/mol. The lowest BCUT2D eigenvalue weighted by molar-refractivity contribution is -0.117. The predicted molar refractivity (Wildman–Crippen MR) is 148 cm³/mol. The summed E-state index contributed by atoms with van der Waals surface area (Å²) in [7, 11) is -3.81. The molecule has 2 amide bonds. The van der Waals surface area contributed by atoms with Crippen molar-refractivity contribution in [3.63, 3.8) is 0 Å². The molecule has 3 aromatic rings. The number of hydrogen-bond acceptors (Lipinski definition) is 5. The first-order valence-corrected chi connectivity index (χ1v) is 14.2. The maximum atomic E-state index is 13.5. The van der Waals surface area contributed by atoms with E-state index in [1.807, 2.05) is 31.2 Å². The van der Waals surface area contributed by atoms with Crippen molar-refractivity contribution in [1.29, 1.82) is 0 Å². The molecule has 0 spiro atoms. The van der Waals surface area contributed by atoms with Gasteiger partial charge in [0.1, 0.15) is 0 Å². The number of nitrogens with one attached hydrogen (secondary N) is 2. The van der Waals surface area contributed by atoms with E-state index in [0.29, 0.717) is 29.8 Å². The quantitative estimate of drug-likeness (QED) is 0.418. The van der Waals surface area contributed by atoms with Gasteiger partial charge in [-0.2, -0.15) is 0 Å². The lowest BCUT2D eigenvalue weighted by Gasteiger charge is -2.23. The fourth-order valence-corrected chi connectivity index (χ4v) is 6.24. The van der Waals surface area contributed by atoms with Crippen molar-refractivity contribution in [2.75, 3.05) is 34.4 Å². The highest BCUT2D eigenvalue weighted by atomic mass is 32.2. The van der Waals surface area contributed by atoms with Gasteiger partial charge < -0.3 is 15.5 Å². The van der Waals surface area contributed by atoms with Crippen LogP contribution >= 0.6 is 0 Å². The van der Waals surface area contributed by atoms with Crippen LogP contribution in [0.5, 0.6) is 0 Å². The Labute approximate surface area is 218 Å². The number of anilines is 3. The van der Waals surface area contributed by atoms with Crippen molar-refractivity contribution in [2.45, 2.75) is 44.4 Å². The van der Waals surface area contributed by atoms with Crippen molar-refractivity contribution in [3.8, 4) is 0 Å². The molecular formula is C29H33N3O4S. The van der Waals surface area contributed by atoms with E-state index in [1.54, 1.807) is 36.4 Å². The normalized spacial score (nSPS) is 13.9. The zero-order chi connectivity index (χ0) is 26.6. The summed E-state index contributed by atoms with van der Waals surface area (Å²) in [6, 6.07) is 19.6. The van der Waals surface area contributed by atoms with E-state index >= 15 is 0 Å². The Hall–Kier alpha value is -3.65. The number of fused-ring (bicyclic) bond motifs is 1. The lowest BCUT2D eigenvalue weighted by Crippen LogP contribution is -2.28. The second kappa shape index (κ2) is 11.2. The van der Waals surface area contributed by atoms with Gasteiger partial charge in [0.2, 0.25) is 11.8 Å². The molecule has 1 unspecified atom stereocenters. The van der Waals surface area contributed by atoms with E-state index in [-0.39, 0.29) is 22.5 Å². The van der Waals surface area contributed by atoms with Gasteiger partial charge in [0, 0.05) is 36.6 Å². The van der Waals surface area contributed by atoms with Crippen molar-refractivity contribution >= 4 is 38.7 Å². The number of benzene rings is 3. The van der Waals surface area contributed by atoms with E-state index in [9.17, 15) is 18.0 Å². The third-order valence-corrected chi connectivity index (χ3v) is 8.58. The molecule has 37 heavy (non-hydrogen) atoms. The van der Waals surface area contributed by atoms with Crippen molar-refractivity contribution in [2.24, 2.45) is 0 Å². The molecule has 2 N–H and O–H groups in total. The molecule has 1 aliphatic rings. The number of rotatable bonds is 9. The third-order valence-electron chi connectivity index (χ3n) is 6.83. The van der Waals surface area contributed by atoms with Crippen LogP contribution in [0.4, 0.5) is 17.1 Å². The number of nitrogens with zero attached hydrogens (tertiary/aromatic N) is 1. The molecule has 0 aromatic heterocycles. The van der Waals surface area contributed by atoms with E-state index in [1.165, 1.54) is 6.07 Å². The molecule has 0 saturated carbocycles. The Bertz CT molecular complexity index is 1400. The number of hydrogen-bond donors (Lipinski definition) is 2. The van der Waals surface area contributed by atoms with Crippen LogP contribution in [0.2, 0.25) is 0 Å². The Balaban J connectivity index is 1.61. The van der Waals surface area contributed by atoms with Gasteiger partial charge in [-0.15, -0.1) is 0 Å². The highest BCUT2D eigenvalue weighted by Crippen LogP contribution is 2.30. The van der Waals surface area contributed by atoms with Crippen molar-refractivity contribution in [1.82, 2.24) is 0 Å². The van der Waals surface area contributed by atoms with Gasteiger partial charge in [0.15, 0.2) is 9.84 Å². The highest BCUT2D eigenvalue weighted by molar-refractivity contribution is 7.91. The van der Waals surface area contributed by atoms with Crippen LogP contribution in [0.25, 0.3) is 0 Å².